The molecule has 8 heteroatoms. The standard InChI is InChI=1S/C18H13F3N4O/c19-12-7-5-11(6-8-12)15-9-14(24-18-22-10-23-25(15)18)13-3-1-2-4-16(13)26-17(20)21/h1-10,15,17H,(H,22,23,24)/t15-/m0/s1. The van der Waals surface area contributed by atoms with Gasteiger partial charge in [-0.2, -0.15) is 18.9 Å². The number of hydrogen-bond acceptors (Lipinski definition) is 4. The van der Waals surface area contributed by atoms with Crippen LogP contribution in [0.3, 0.4) is 0 Å². The second-order valence-electron chi connectivity index (χ2n) is 5.60. The lowest BCUT2D eigenvalue weighted by atomic mass is 10.0. The maximum atomic E-state index is 13.3. The fourth-order valence-electron chi connectivity index (χ4n) is 2.88. The molecule has 1 aliphatic heterocycles. The molecular formula is C18H13F3N4O. The summed E-state index contributed by atoms with van der Waals surface area (Å²) >= 11 is 0. The zero-order valence-corrected chi connectivity index (χ0v) is 13.3. The Balaban J connectivity index is 1.79. The van der Waals surface area contributed by atoms with Crippen LogP contribution < -0.4 is 10.1 Å². The summed E-state index contributed by atoms with van der Waals surface area (Å²) in [4.78, 5) is 4.15. The maximum Gasteiger partial charge on any atom is 0.387 e. The second-order valence-corrected chi connectivity index (χ2v) is 5.60. The smallest absolute Gasteiger partial charge is 0.387 e. The van der Waals surface area contributed by atoms with Crippen molar-refractivity contribution in [2.24, 2.45) is 0 Å². The van der Waals surface area contributed by atoms with E-state index in [0.717, 1.165) is 5.56 Å². The van der Waals surface area contributed by atoms with Crippen molar-refractivity contribution in [2.45, 2.75) is 12.7 Å². The third-order valence-corrected chi connectivity index (χ3v) is 4.01. The predicted octanol–water partition coefficient (Wildman–Crippen LogP) is 4.07. The highest BCUT2D eigenvalue weighted by molar-refractivity contribution is 5.80. The molecule has 1 N–H and O–H groups in total. The lowest BCUT2D eigenvalue weighted by molar-refractivity contribution is -0.0500. The van der Waals surface area contributed by atoms with Gasteiger partial charge in [-0.3, -0.25) is 0 Å². The lowest BCUT2D eigenvalue weighted by Crippen LogP contribution is -2.20. The number of rotatable bonds is 4. The molecule has 0 saturated carbocycles. The Kier molecular flexibility index (Phi) is 4.08. The molecule has 0 bridgehead atoms. The van der Waals surface area contributed by atoms with Gasteiger partial charge in [-0.05, 0) is 35.9 Å². The maximum absolute atomic E-state index is 13.3. The van der Waals surface area contributed by atoms with Gasteiger partial charge in [0.1, 0.15) is 23.9 Å². The number of benzene rings is 2. The average molecular weight is 358 g/mol. The van der Waals surface area contributed by atoms with Gasteiger partial charge < -0.3 is 10.1 Å². The van der Waals surface area contributed by atoms with Crippen molar-refractivity contribution >= 4 is 11.6 Å². The molecule has 0 unspecified atom stereocenters. The van der Waals surface area contributed by atoms with E-state index in [4.69, 9.17) is 0 Å². The monoisotopic (exact) mass is 358 g/mol. The first-order valence-electron chi connectivity index (χ1n) is 7.80. The first-order valence-corrected chi connectivity index (χ1v) is 7.80. The first-order chi connectivity index (χ1) is 12.6. The first kappa shape index (κ1) is 16.2. The van der Waals surface area contributed by atoms with Crippen molar-refractivity contribution in [1.82, 2.24) is 14.8 Å². The van der Waals surface area contributed by atoms with Gasteiger partial charge in [0.25, 0.3) is 0 Å². The van der Waals surface area contributed by atoms with Crippen LogP contribution in [0.1, 0.15) is 17.2 Å². The molecule has 1 aliphatic rings. The summed E-state index contributed by atoms with van der Waals surface area (Å²) in [7, 11) is 0. The molecule has 1 atom stereocenters. The quantitative estimate of drug-likeness (QED) is 0.764. The van der Waals surface area contributed by atoms with Crippen molar-refractivity contribution in [1.29, 1.82) is 0 Å². The summed E-state index contributed by atoms with van der Waals surface area (Å²) in [5.41, 5.74) is 1.80. The van der Waals surface area contributed by atoms with Gasteiger partial charge in [-0.15, -0.1) is 0 Å². The molecule has 4 rings (SSSR count). The highest BCUT2D eigenvalue weighted by Gasteiger charge is 2.25. The molecule has 0 saturated heterocycles. The van der Waals surface area contributed by atoms with Gasteiger partial charge in [0.2, 0.25) is 5.95 Å². The summed E-state index contributed by atoms with van der Waals surface area (Å²) in [6.07, 6.45) is 3.19. The molecule has 2 heterocycles. The van der Waals surface area contributed by atoms with Gasteiger partial charge in [0, 0.05) is 5.56 Å². The van der Waals surface area contributed by atoms with Crippen LogP contribution in [0.25, 0.3) is 5.70 Å². The van der Waals surface area contributed by atoms with Crippen LogP contribution in [0, 0.1) is 5.82 Å². The second kappa shape index (κ2) is 6.55. The van der Waals surface area contributed by atoms with Crippen molar-refractivity contribution in [2.75, 3.05) is 5.32 Å². The number of ether oxygens (including phenoxy) is 1. The fourth-order valence-corrected chi connectivity index (χ4v) is 2.88. The SMILES string of the molecule is Fc1ccc([C@@H]2C=C(c3ccccc3OC(F)F)Nc3ncnn32)cc1. The molecule has 2 aromatic carbocycles. The van der Waals surface area contributed by atoms with Crippen LogP contribution in [0.15, 0.2) is 60.9 Å². The molecule has 1 aromatic heterocycles. The number of hydrogen-bond donors (Lipinski definition) is 1. The predicted molar refractivity (Wildman–Crippen MR) is 89.2 cm³/mol. The van der Waals surface area contributed by atoms with Gasteiger partial charge in [-0.25, -0.2) is 9.07 Å². The summed E-state index contributed by atoms with van der Waals surface area (Å²) in [6.45, 7) is -2.93. The minimum atomic E-state index is -2.93. The summed E-state index contributed by atoms with van der Waals surface area (Å²) < 4.78 is 44.9. The Morgan fingerprint density at radius 1 is 1.08 bits per heavy atom. The Bertz CT molecular complexity index is 953. The number of allylic oxidation sites excluding steroid dienone is 1. The van der Waals surface area contributed by atoms with E-state index in [1.54, 1.807) is 35.0 Å². The molecular weight excluding hydrogens is 345 g/mol. The van der Waals surface area contributed by atoms with Gasteiger partial charge >= 0.3 is 6.61 Å². The zero-order valence-electron chi connectivity index (χ0n) is 13.3. The number of anilines is 1. The number of aromatic nitrogens is 3. The molecule has 26 heavy (non-hydrogen) atoms. The van der Waals surface area contributed by atoms with E-state index >= 15 is 0 Å². The highest BCUT2D eigenvalue weighted by atomic mass is 19.3. The number of fused-ring (bicyclic) bond motifs is 1. The summed E-state index contributed by atoms with van der Waals surface area (Å²) in [5.74, 6) is 0.150. The molecule has 5 nitrogen and oxygen atoms in total. The van der Waals surface area contributed by atoms with E-state index < -0.39 is 6.61 Å². The largest absolute Gasteiger partial charge is 0.434 e. The third kappa shape index (κ3) is 3.01. The van der Waals surface area contributed by atoms with Crippen molar-refractivity contribution in [3.63, 3.8) is 0 Å². The highest BCUT2D eigenvalue weighted by Crippen LogP contribution is 2.35. The lowest BCUT2D eigenvalue weighted by Gasteiger charge is -2.25. The zero-order chi connectivity index (χ0) is 18.1. The number of nitrogens with one attached hydrogen (secondary N) is 1. The minimum absolute atomic E-state index is 0.0482. The Labute approximate surface area is 146 Å². The van der Waals surface area contributed by atoms with Crippen LogP contribution in [0.5, 0.6) is 5.75 Å². The van der Waals surface area contributed by atoms with E-state index in [1.165, 1.54) is 24.5 Å². The average Bonchev–Trinajstić information content (AvgIpc) is 3.10. The van der Waals surface area contributed by atoms with Crippen molar-refractivity contribution in [3.8, 4) is 5.75 Å². The number of halogens is 3. The van der Waals surface area contributed by atoms with E-state index in [2.05, 4.69) is 20.1 Å². The third-order valence-electron chi connectivity index (χ3n) is 4.01. The van der Waals surface area contributed by atoms with E-state index in [9.17, 15) is 13.2 Å². The van der Waals surface area contributed by atoms with Crippen LogP contribution in [-0.2, 0) is 0 Å². The van der Waals surface area contributed by atoms with E-state index in [-0.39, 0.29) is 17.6 Å². The van der Waals surface area contributed by atoms with Gasteiger partial charge in [0.15, 0.2) is 0 Å². The van der Waals surface area contributed by atoms with Crippen LogP contribution in [0.2, 0.25) is 0 Å². The van der Waals surface area contributed by atoms with Crippen LogP contribution in [-0.4, -0.2) is 21.4 Å². The fraction of sp³-hybridized carbons (Fsp3) is 0.111. The number of alkyl halides is 2. The van der Waals surface area contributed by atoms with Crippen LogP contribution >= 0.6 is 0 Å². The van der Waals surface area contributed by atoms with Crippen molar-refractivity contribution < 1.29 is 17.9 Å². The molecule has 0 aliphatic carbocycles. The Hall–Kier alpha value is -3.29. The molecule has 0 fully saturated rings. The molecule has 0 radical (unpaired) electrons. The number of para-hydroxylation sites is 1. The van der Waals surface area contributed by atoms with E-state index in [0.29, 0.717) is 17.2 Å². The molecule has 0 spiro atoms. The van der Waals surface area contributed by atoms with Gasteiger partial charge in [0.05, 0.1) is 5.70 Å². The topological polar surface area (TPSA) is 52.0 Å². The van der Waals surface area contributed by atoms with E-state index in [1.807, 2.05) is 6.08 Å². The Morgan fingerprint density at radius 3 is 2.62 bits per heavy atom. The molecule has 3 aromatic rings. The van der Waals surface area contributed by atoms with Crippen LogP contribution in [0.4, 0.5) is 19.1 Å². The van der Waals surface area contributed by atoms with Gasteiger partial charge in [-0.1, -0.05) is 24.3 Å². The Morgan fingerprint density at radius 2 is 1.85 bits per heavy atom. The normalized spacial score (nSPS) is 16.0. The van der Waals surface area contributed by atoms with Crippen molar-refractivity contribution in [3.05, 3.63) is 77.9 Å². The molecule has 132 valence electrons. The number of nitrogens with zero attached hydrogens (tertiary/aromatic N) is 3. The molecule has 0 amide bonds. The summed E-state index contributed by atoms with van der Waals surface area (Å²) in [5, 5.41) is 7.26. The minimum Gasteiger partial charge on any atom is -0.434 e. The summed E-state index contributed by atoms with van der Waals surface area (Å²) in [6, 6.07) is 12.1.